The Hall–Kier alpha value is -3.56. The fraction of sp³-hybridized carbons (Fsp3) is 0.182. The lowest BCUT2D eigenvalue weighted by atomic mass is 10.0. The van der Waals surface area contributed by atoms with Crippen molar-refractivity contribution in [3.63, 3.8) is 0 Å². The van der Waals surface area contributed by atoms with Crippen LogP contribution in [0.1, 0.15) is 5.82 Å². The van der Waals surface area contributed by atoms with Gasteiger partial charge in [-0.15, -0.1) is 0 Å². The minimum atomic E-state index is 0.380. The molecule has 1 aromatic carbocycles. The van der Waals surface area contributed by atoms with Gasteiger partial charge in [0, 0.05) is 35.0 Å². The van der Waals surface area contributed by atoms with Crippen molar-refractivity contribution >= 4 is 45.3 Å². The highest BCUT2D eigenvalue weighted by molar-refractivity contribution is 6.34. The third-order valence-corrected chi connectivity index (χ3v) is 5.72. The van der Waals surface area contributed by atoms with Crippen LogP contribution in [-0.2, 0) is 6.54 Å². The van der Waals surface area contributed by atoms with Crippen molar-refractivity contribution in [3.8, 4) is 28.5 Å². The van der Waals surface area contributed by atoms with Crippen LogP contribution in [0, 0.1) is 0 Å². The highest BCUT2D eigenvalue weighted by atomic mass is 35.5. The Bertz CT molecular complexity index is 1500. The molecule has 0 radical (unpaired) electrons. The van der Waals surface area contributed by atoms with E-state index in [2.05, 4.69) is 25.0 Å². The van der Waals surface area contributed by atoms with E-state index in [4.69, 9.17) is 37.4 Å². The molecule has 168 valence electrons. The molecule has 4 aromatic heterocycles. The summed E-state index contributed by atoms with van der Waals surface area (Å²) >= 11 is 12.6. The van der Waals surface area contributed by atoms with Crippen molar-refractivity contribution in [1.29, 1.82) is 0 Å². The highest BCUT2D eigenvalue weighted by Gasteiger charge is 2.19. The molecule has 0 aliphatic carbocycles. The number of rotatable bonds is 6. The molecule has 0 saturated carbocycles. The van der Waals surface area contributed by atoms with Gasteiger partial charge in [0.1, 0.15) is 11.0 Å². The van der Waals surface area contributed by atoms with E-state index < -0.39 is 0 Å². The number of imidazole rings is 1. The maximum atomic E-state index is 6.59. The van der Waals surface area contributed by atoms with Gasteiger partial charge in [-0.3, -0.25) is 4.68 Å². The monoisotopic (exact) mass is 484 g/mol. The Kier molecular flexibility index (Phi) is 5.43. The summed E-state index contributed by atoms with van der Waals surface area (Å²) in [5, 5.41) is 6.38. The zero-order valence-corrected chi connectivity index (χ0v) is 19.4. The SMILES string of the molecule is COc1cc(Cl)c(-c2cnc(OC)c3nn(Cc4nc5nc(Cl)ccc5[nH]4)cc23)cc1OC. The molecule has 0 unspecified atom stereocenters. The van der Waals surface area contributed by atoms with Crippen LogP contribution < -0.4 is 14.2 Å². The molecule has 0 atom stereocenters. The van der Waals surface area contributed by atoms with Gasteiger partial charge in [0.25, 0.3) is 0 Å². The van der Waals surface area contributed by atoms with Crippen LogP contribution in [0.5, 0.6) is 17.4 Å². The average molecular weight is 485 g/mol. The Morgan fingerprint density at radius 3 is 2.52 bits per heavy atom. The van der Waals surface area contributed by atoms with E-state index in [1.54, 1.807) is 44.3 Å². The second kappa shape index (κ2) is 8.42. The van der Waals surface area contributed by atoms with Gasteiger partial charge in [0.15, 0.2) is 22.7 Å². The molecule has 0 spiro atoms. The normalized spacial score (nSPS) is 11.3. The van der Waals surface area contributed by atoms with Crippen molar-refractivity contribution in [2.45, 2.75) is 6.54 Å². The van der Waals surface area contributed by atoms with Crippen LogP contribution in [0.4, 0.5) is 0 Å². The highest BCUT2D eigenvalue weighted by Crippen LogP contribution is 2.41. The fourth-order valence-corrected chi connectivity index (χ4v) is 4.08. The lowest BCUT2D eigenvalue weighted by Gasteiger charge is -2.12. The van der Waals surface area contributed by atoms with E-state index in [1.165, 1.54) is 0 Å². The van der Waals surface area contributed by atoms with E-state index in [1.807, 2.05) is 18.3 Å². The number of halogens is 2. The van der Waals surface area contributed by atoms with Gasteiger partial charge in [0.2, 0.25) is 5.88 Å². The number of nitrogens with one attached hydrogen (secondary N) is 1. The predicted octanol–water partition coefficient (Wildman–Crippen LogP) is 4.75. The predicted molar refractivity (Wildman–Crippen MR) is 126 cm³/mol. The van der Waals surface area contributed by atoms with Crippen molar-refractivity contribution in [2.75, 3.05) is 21.3 Å². The molecule has 0 fully saturated rings. The van der Waals surface area contributed by atoms with Crippen molar-refractivity contribution < 1.29 is 14.2 Å². The van der Waals surface area contributed by atoms with Crippen molar-refractivity contribution in [3.05, 3.63) is 52.7 Å². The number of H-pyrrole nitrogens is 1. The summed E-state index contributed by atoms with van der Waals surface area (Å²) in [5.74, 6) is 2.19. The first-order chi connectivity index (χ1) is 16.0. The first kappa shape index (κ1) is 21.3. The topological polar surface area (TPSA) is 100.0 Å². The third-order valence-electron chi connectivity index (χ3n) is 5.19. The Morgan fingerprint density at radius 1 is 0.970 bits per heavy atom. The Balaban J connectivity index is 1.62. The van der Waals surface area contributed by atoms with Gasteiger partial charge >= 0.3 is 0 Å². The minimum Gasteiger partial charge on any atom is -0.493 e. The zero-order chi connectivity index (χ0) is 23.1. The summed E-state index contributed by atoms with van der Waals surface area (Å²) in [6.45, 7) is 0.380. The summed E-state index contributed by atoms with van der Waals surface area (Å²) in [4.78, 5) is 16.4. The standard InChI is InChI=1S/C22H18Cl2N6O3/c1-31-16-6-11(14(23)7-17(16)32-2)12-8-25-22(33-3)20-13(12)9-30(29-20)10-19-26-15-4-5-18(24)27-21(15)28-19/h4-9H,10H2,1-3H3,(H,26,27,28). The number of aromatic amines is 1. The van der Waals surface area contributed by atoms with Crippen molar-refractivity contribution in [2.24, 2.45) is 0 Å². The number of methoxy groups -OCH3 is 3. The maximum absolute atomic E-state index is 6.59. The molecule has 0 aliphatic heterocycles. The number of fused-ring (bicyclic) bond motifs is 2. The molecule has 5 rings (SSSR count). The van der Waals surface area contributed by atoms with Crippen molar-refractivity contribution in [1.82, 2.24) is 29.7 Å². The average Bonchev–Trinajstić information content (AvgIpc) is 3.41. The number of benzene rings is 1. The van der Waals surface area contributed by atoms with Gasteiger partial charge in [-0.2, -0.15) is 5.10 Å². The summed E-state index contributed by atoms with van der Waals surface area (Å²) in [6, 6.07) is 7.08. The van der Waals surface area contributed by atoms with Gasteiger partial charge in [0.05, 0.1) is 38.4 Å². The van der Waals surface area contributed by atoms with Crippen LogP contribution in [0.15, 0.2) is 36.7 Å². The van der Waals surface area contributed by atoms with E-state index >= 15 is 0 Å². The van der Waals surface area contributed by atoms with Crippen LogP contribution >= 0.6 is 23.2 Å². The minimum absolute atomic E-state index is 0.380. The molecule has 5 aromatic rings. The van der Waals surface area contributed by atoms with Crippen LogP contribution in [0.2, 0.25) is 10.2 Å². The summed E-state index contributed by atoms with van der Waals surface area (Å²) in [7, 11) is 4.69. The third kappa shape index (κ3) is 3.79. The van der Waals surface area contributed by atoms with Gasteiger partial charge < -0.3 is 19.2 Å². The number of pyridine rings is 2. The van der Waals surface area contributed by atoms with Crippen LogP contribution in [-0.4, -0.2) is 51.0 Å². The molecule has 9 nitrogen and oxygen atoms in total. The molecule has 0 saturated heterocycles. The van der Waals surface area contributed by atoms with E-state index in [0.717, 1.165) is 22.0 Å². The molecule has 11 heteroatoms. The van der Waals surface area contributed by atoms with E-state index in [0.29, 0.717) is 51.1 Å². The molecular formula is C22H18Cl2N6O3. The van der Waals surface area contributed by atoms with Gasteiger partial charge in [-0.05, 0) is 18.2 Å². The largest absolute Gasteiger partial charge is 0.493 e. The second-order valence-electron chi connectivity index (χ2n) is 7.15. The molecule has 4 heterocycles. The molecule has 1 N–H and O–H groups in total. The number of nitrogens with zero attached hydrogens (tertiary/aromatic N) is 5. The summed E-state index contributed by atoms with van der Waals surface area (Å²) in [6.07, 6.45) is 3.60. The van der Waals surface area contributed by atoms with E-state index in [-0.39, 0.29) is 0 Å². The number of aromatic nitrogens is 6. The van der Waals surface area contributed by atoms with Crippen LogP contribution in [0.3, 0.4) is 0 Å². The second-order valence-corrected chi connectivity index (χ2v) is 7.94. The first-order valence-corrected chi connectivity index (χ1v) is 10.6. The Labute approximate surface area is 198 Å². The molecule has 0 aliphatic rings. The fourth-order valence-electron chi connectivity index (χ4n) is 3.68. The van der Waals surface area contributed by atoms with Crippen LogP contribution in [0.25, 0.3) is 33.2 Å². The zero-order valence-electron chi connectivity index (χ0n) is 17.9. The lowest BCUT2D eigenvalue weighted by Crippen LogP contribution is -2.01. The summed E-state index contributed by atoms with van der Waals surface area (Å²) in [5.41, 5.74) is 3.45. The van der Waals surface area contributed by atoms with Gasteiger partial charge in [-0.1, -0.05) is 23.2 Å². The number of ether oxygens (including phenoxy) is 3. The number of hydrogen-bond donors (Lipinski definition) is 1. The van der Waals surface area contributed by atoms with E-state index in [9.17, 15) is 0 Å². The molecule has 0 amide bonds. The number of hydrogen-bond acceptors (Lipinski definition) is 7. The maximum Gasteiger partial charge on any atom is 0.242 e. The molecular weight excluding hydrogens is 467 g/mol. The Morgan fingerprint density at radius 2 is 1.76 bits per heavy atom. The first-order valence-electron chi connectivity index (χ1n) is 9.84. The molecule has 33 heavy (non-hydrogen) atoms. The smallest absolute Gasteiger partial charge is 0.242 e. The molecule has 0 bridgehead atoms. The van der Waals surface area contributed by atoms with Gasteiger partial charge in [-0.25, -0.2) is 15.0 Å². The quantitative estimate of drug-likeness (QED) is 0.347. The summed E-state index contributed by atoms with van der Waals surface area (Å²) < 4.78 is 18.0. The lowest BCUT2D eigenvalue weighted by molar-refractivity contribution is 0.355.